The molecule has 0 fully saturated rings. The maximum absolute atomic E-state index is 12.4. The lowest BCUT2D eigenvalue weighted by atomic mass is 10.1. The lowest BCUT2D eigenvalue weighted by Gasteiger charge is -2.05. The molecule has 0 aliphatic rings. The summed E-state index contributed by atoms with van der Waals surface area (Å²) in [6, 6.07) is 14.4. The van der Waals surface area contributed by atoms with E-state index in [1.54, 1.807) is 38.3 Å². The van der Waals surface area contributed by atoms with E-state index in [4.69, 9.17) is 4.74 Å². The fraction of sp³-hybridized carbons (Fsp3) is 0.200. The molecule has 28 heavy (non-hydrogen) atoms. The first-order chi connectivity index (χ1) is 13.6. The van der Waals surface area contributed by atoms with Gasteiger partial charge in [0.05, 0.1) is 7.11 Å². The van der Waals surface area contributed by atoms with Gasteiger partial charge in [0.15, 0.2) is 0 Å². The number of nitrogens with zero attached hydrogens (tertiary/aromatic N) is 2. The summed E-state index contributed by atoms with van der Waals surface area (Å²) in [5.41, 5.74) is 2.12. The number of anilines is 2. The Hall–Kier alpha value is -3.26. The van der Waals surface area contributed by atoms with Crippen LogP contribution in [0.5, 0.6) is 5.75 Å². The van der Waals surface area contributed by atoms with E-state index in [2.05, 4.69) is 20.8 Å². The molecule has 1 heterocycles. The molecule has 0 aliphatic heterocycles. The van der Waals surface area contributed by atoms with Gasteiger partial charge in [-0.1, -0.05) is 36.5 Å². The van der Waals surface area contributed by atoms with Gasteiger partial charge < -0.3 is 10.1 Å². The van der Waals surface area contributed by atoms with Gasteiger partial charge in [0, 0.05) is 29.7 Å². The number of rotatable bonds is 7. The standard InChI is InChI=1S/C20H20N4O3S/c1-3-17(25)21-15-10-8-13(9-11-15)19(26)22-20-24-23-18(28-20)12-14-6-4-5-7-16(14)27-2/h4-11H,3,12H2,1-2H3,(H,21,25)(H,22,24,26). The Morgan fingerprint density at radius 3 is 2.50 bits per heavy atom. The number of carbonyl (C=O) groups is 2. The normalized spacial score (nSPS) is 10.4. The second-order valence-corrected chi connectivity index (χ2v) is 6.98. The zero-order chi connectivity index (χ0) is 19.9. The maximum atomic E-state index is 12.4. The van der Waals surface area contributed by atoms with E-state index in [9.17, 15) is 9.59 Å². The van der Waals surface area contributed by atoms with E-state index < -0.39 is 0 Å². The fourth-order valence-electron chi connectivity index (χ4n) is 2.51. The molecule has 2 N–H and O–H groups in total. The molecule has 2 aromatic carbocycles. The van der Waals surface area contributed by atoms with Crippen molar-refractivity contribution in [1.82, 2.24) is 10.2 Å². The van der Waals surface area contributed by atoms with Crippen LogP contribution >= 0.6 is 11.3 Å². The molecule has 3 aromatic rings. The summed E-state index contributed by atoms with van der Waals surface area (Å²) in [5, 5.41) is 14.9. The quantitative estimate of drug-likeness (QED) is 0.635. The van der Waals surface area contributed by atoms with Crippen LogP contribution in [0.25, 0.3) is 0 Å². The third kappa shape index (κ3) is 4.92. The van der Waals surface area contributed by atoms with Crippen molar-refractivity contribution in [2.75, 3.05) is 17.7 Å². The smallest absolute Gasteiger partial charge is 0.257 e. The van der Waals surface area contributed by atoms with Gasteiger partial charge in [-0.3, -0.25) is 14.9 Å². The summed E-state index contributed by atoms with van der Waals surface area (Å²) in [6.45, 7) is 1.78. The summed E-state index contributed by atoms with van der Waals surface area (Å²) in [7, 11) is 1.63. The average Bonchev–Trinajstić information content (AvgIpc) is 3.15. The van der Waals surface area contributed by atoms with E-state index in [-0.39, 0.29) is 11.8 Å². The highest BCUT2D eigenvalue weighted by molar-refractivity contribution is 7.15. The van der Waals surface area contributed by atoms with Crippen LogP contribution in [0.15, 0.2) is 48.5 Å². The van der Waals surface area contributed by atoms with Gasteiger partial charge in [-0.15, -0.1) is 10.2 Å². The van der Waals surface area contributed by atoms with E-state index >= 15 is 0 Å². The third-order valence-corrected chi connectivity index (χ3v) is 4.81. The molecule has 0 saturated heterocycles. The molecule has 0 saturated carbocycles. The minimum absolute atomic E-state index is 0.0753. The molecule has 144 valence electrons. The number of hydrogen-bond donors (Lipinski definition) is 2. The van der Waals surface area contributed by atoms with Crippen LogP contribution in [0.1, 0.15) is 34.3 Å². The Bertz CT molecular complexity index is 970. The number of para-hydroxylation sites is 1. The van der Waals surface area contributed by atoms with Gasteiger partial charge in [0.1, 0.15) is 10.8 Å². The van der Waals surface area contributed by atoms with Crippen molar-refractivity contribution in [3.63, 3.8) is 0 Å². The average molecular weight is 396 g/mol. The predicted molar refractivity (Wildman–Crippen MR) is 109 cm³/mol. The number of benzene rings is 2. The first kappa shape index (κ1) is 19.5. The molecular formula is C20H20N4O3S. The van der Waals surface area contributed by atoms with Gasteiger partial charge in [-0.2, -0.15) is 0 Å². The summed E-state index contributed by atoms with van der Waals surface area (Å²) in [6.07, 6.45) is 0.972. The molecule has 0 bridgehead atoms. The van der Waals surface area contributed by atoms with Gasteiger partial charge in [0.25, 0.3) is 5.91 Å². The van der Waals surface area contributed by atoms with Crippen molar-refractivity contribution in [3.05, 3.63) is 64.7 Å². The topological polar surface area (TPSA) is 93.2 Å². The molecule has 0 spiro atoms. The van der Waals surface area contributed by atoms with E-state index in [1.807, 2.05) is 24.3 Å². The minimum Gasteiger partial charge on any atom is -0.496 e. The van der Waals surface area contributed by atoms with Crippen molar-refractivity contribution in [2.45, 2.75) is 19.8 Å². The highest BCUT2D eigenvalue weighted by Gasteiger charge is 2.12. The van der Waals surface area contributed by atoms with Crippen LogP contribution in [0, 0.1) is 0 Å². The number of methoxy groups -OCH3 is 1. The van der Waals surface area contributed by atoms with Crippen molar-refractivity contribution >= 4 is 34.0 Å². The van der Waals surface area contributed by atoms with Gasteiger partial charge in [-0.25, -0.2) is 0 Å². The SMILES string of the molecule is CCC(=O)Nc1ccc(C(=O)Nc2nnc(Cc3ccccc3OC)s2)cc1. The predicted octanol–water partition coefficient (Wildman–Crippen LogP) is 3.74. The number of aromatic nitrogens is 2. The molecule has 0 radical (unpaired) electrons. The molecule has 0 atom stereocenters. The lowest BCUT2D eigenvalue weighted by molar-refractivity contribution is -0.115. The number of carbonyl (C=O) groups excluding carboxylic acids is 2. The largest absolute Gasteiger partial charge is 0.496 e. The van der Waals surface area contributed by atoms with Crippen molar-refractivity contribution in [2.24, 2.45) is 0 Å². The first-order valence-electron chi connectivity index (χ1n) is 8.74. The van der Waals surface area contributed by atoms with Crippen LogP contribution in [-0.4, -0.2) is 29.1 Å². The van der Waals surface area contributed by atoms with Crippen LogP contribution in [0.3, 0.4) is 0 Å². The number of ether oxygens (including phenoxy) is 1. The Morgan fingerprint density at radius 1 is 1.04 bits per heavy atom. The zero-order valence-corrected chi connectivity index (χ0v) is 16.4. The summed E-state index contributed by atoms with van der Waals surface area (Å²) in [5.74, 6) is 0.431. The van der Waals surface area contributed by atoms with Gasteiger partial charge >= 0.3 is 0 Å². The Balaban J connectivity index is 1.63. The van der Waals surface area contributed by atoms with E-state index in [0.717, 1.165) is 16.3 Å². The van der Waals surface area contributed by atoms with E-state index in [0.29, 0.717) is 29.2 Å². The Labute approximate surface area is 166 Å². The fourth-order valence-corrected chi connectivity index (χ4v) is 3.27. The van der Waals surface area contributed by atoms with Crippen molar-refractivity contribution < 1.29 is 14.3 Å². The minimum atomic E-state index is -0.284. The van der Waals surface area contributed by atoms with Crippen LogP contribution < -0.4 is 15.4 Å². The lowest BCUT2D eigenvalue weighted by Crippen LogP contribution is -2.12. The van der Waals surface area contributed by atoms with E-state index in [1.165, 1.54) is 11.3 Å². The van der Waals surface area contributed by atoms with Crippen LogP contribution in [-0.2, 0) is 11.2 Å². The highest BCUT2D eigenvalue weighted by Crippen LogP contribution is 2.24. The molecular weight excluding hydrogens is 376 g/mol. The Morgan fingerprint density at radius 2 is 1.79 bits per heavy atom. The molecule has 8 heteroatoms. The van der Waals surface area contributed by atoms with Crippen LogP contribution in [0.2, 0.25) is 0 Å². The molecule has 2 amide bonds. The third-order valence-electron chi connectivity index (χ3n) is 3.97. The molecule has 3 rings (SSSR count). The zero-order valence-electron chi connectivity index (χ0n) is 15.6. The van der Waals surface area contributed by atoms with Gasteiger partial charge in [0.2, 0.25) is 11.0 Å². The summed E-state index contributed by atoms with van der Waals surface area (Å²) >= 11 is 1.32. The molecule has 0 aliphatic carbocycles. The molecule has 1 aromatic heterocycles. The summed E-state index contributed by atoms with van der Waals surface area (Å²) < 4.78 is 5.35. The summed E-state index contributed by atoms with van der Waals surface area (Å²) in [4.78, 5) is 23.8. The van der Waals surface area contributed by atoms with Gasteiger partial charge in [-0.05, 0) is 30.3 Å². The number of nitrogens with one attached hydrogen (secondary N) is 2. The first-order valence-corrected chi connectivity index (χ1v) is 9.56. The Kier molecular flexibility index (Phi) is 6.33. The maximum Gasteiger partial charge on any atom is 0.257 e. The monoisotopic (exact) mass is 396 g/mol. The number of amides is 2. The highest BCUT2D eigenvalue weighted by atomic mass is 32.1. The molecule has 0 unspecified atom stereocenters. The van der Waals surface area contributed by atoms with Crippen molar-refractivity contribution in [3.8, 4) is 5.75 Å². The van der Waals surface area contributed by atoms with Crippen LogP contribution in [0.4, 0.5) is 10.8 Å². The second-order valence-electron chi connectivity index (χ2n) is 5.92. The second kappa shape index (κ2) is 9.09. The number of hydrogen-bond acceptors (Lipinski definition) is 6. The molecule has 7 nitrogen and oxygen atoms in total. The van der Waals surface area contributed by atoms with Crippen molar-refractivity contribution in [1.29, 1.82) is 0 Å².